The van der Waals surface area contributed by atoms with Crippen molar-refractivity contribution in [1.82, 2.24) is 9.55 Å². The average Bonchev–Trinajstić information content (AvgIpc) is 3.39. The first-order chi connectivity index (χ1) is 15.9. The highest BCUT2D eigenvalue weighted by atomic mass is 32.1. The van der Waals surface area contributed by atoms with E-state index in [9.17, 15) is 0 Å². The fourth-order valence-corrected chi connectivity index (χ4v) is 5.87. The lowest BCUT2D eigenvalue weighted by Gasteiger charge is -2.10. The second-order valence-electron chi connectivity index (χ2n) is 8.09. The Labute approximate surface area is 189 Å². The van der Waals surface area contributed by atoms with Gasteiger partial charge in [0.05, 0.1) is 5.52 Å². The Kier molecular flexibility index (Phi) is 3.75. The number of pyridine rings is 1. The van der Waals surface area contributed by atoms with Gasteiger partial charge in [0.25, 0.3) is 0 Å². The zero-order valence-electron chi connectivity index (χ0n) is 17.2. The first kappa shape index (κ1) is 17.7. The third kappa shape index (κ3) is 2.55. The lowest BCUT2D eigenvalue weighted by atomic mass is 10.0. The van der Waals surface area contributed by atoms with E-state index in [4.69, 9.17) is 4.98 Å². The van der Waals surface area contributed by atoms with Crippen LogP contribution in [0, 0.1) is 0 Å². The van der Waals surface area contributed by atoms with Crippen LogP contribution in [-0.2, 0) is 0 Å². The minimum Gasteiger partial charge on any atom is -0.294 e. The number of fused-ring (bicyclic) bond motifs is 6. The minimum atomic E-state index is 0.991. The van der Waals surface area contributed by atoms with Crippen LogP contribution in [0.4, 0.5) is 0 Å². The largest absolute Gasteiger partial charge is 0.294 e. The topological polar surface area (TPSA) is 17.8 Å². The second kappa shape index (κ2) is 6.78. The molecule has 3 heterocycles. The van der Waals surface area contributed by atoms with Gasteiger partial charge in [-0.1, -0.05) is 54.6 Å². The van der Waals surface area contributed by atoms with Crippen molar-refractivity contribution in [3.05, 3.63) is 109 Å². The number of hydrogen-bond acceptors (Lipinski definition) is 2. The fraction of sp³-hybridized carbons (Fsp3) is 0. The molecule has 0 radical (unpaired) electrons. The minimum absolute atomic E-state index is 0.991. The van der Waals surface area contributed by atoms with Crippen LogP contribution in [0.25, 0.3) is 58.9 Å². The molecule has 0 N–H and O–H groups in total. The van der Waals surface area contributed by atoms with Crippen molar-refractivity contribution in [2.75, 3.05) is 0 Å². The Balaban J connectivity index is 1.45. The molecular weight excluding hydrogens is 408 g/mol. The molecule has 7 rings (SSSR count). The van der Waals surface area contributed by atoms with Gasteiger partial charge in [-0.05, 0) is 59.7 Å². The molecule has 0 saturated carbocycles. The van der Waals surface area contributed by atoms with E-state index in [1.165, 1.54) is 47.6 Å². The summed E-state index contributed by atoms with van der Waals surface area (Å²) in [4.78, 5) is 4.73. The van der Waals surface area contributed by atoms with E-state index in [0.29, 0.717) is 0 Å². The standard InChI is InChI=1S/C29H18N2S/c1-3-12-26-22(9-1)24-11-6-16-30-29(24)31(26)21-8-5-7-19(17-21)20-14-15-28-25(18-20)23-10-2-4-13-27(23)32-28/h1-18H. The number of aromatic nitrogens is 2. The van der Waals surface area contributed by atoms with Crippen molar-refractivity contribution >= 4 is 53.4 Å². The van der Waals surface area contributed by atoms with E-state index in [1.54, 1.807) is 0 Å². The summed E-state index contributed by atoms with van der Waals surface area (Å²) in [5.41, 5.74) is 5.74. The van der Waals surface area contributed by atoms with E-state index >= 15 is 0 Å². The molecule has 0 atom stereocenters. The third-order valence-electron chi connectivity index (χ3n) is 6.25. The number of para-hydroxylation sites is 1. The molecule has 0 aliphatic carbocycles. The van der Waals surface area contributed by atoms with E-state index in [-0.39, 0.29) is 0 Å². The highest BCUT2D eigenvalue weighted by Gasteiger charge is 2.13. The second-order valence-corrected chi connectivity index (χ2v) is 9.17. The van der Waals surface area contributed by atoms with E-state index in [0.717, 1.165) is 11.3 Å². The number of thiophene rings is 1. The van der Waals surface area contributed by atoms with Gasteiger partial charge in [0.1, 0.15) is 5.65 Å². The van der Waals surface area contributed by atoms with Crippen molar-refractivity contribution in [2.24, 2.45) is 0 Å². The molecule has 0 fully saturated rings. The Morgan fingerprint density at radius 2 is 1.34 bits per heavy atom. The number of benzene rings is 4. The van der Waals surface area contributed by atoms with Gasteiger partial charge in [-0.25, -0.2) is 4.98 Å². The third-order valence-corrected chi connectivity index (χ3v) is 7.40. The maximum absolute atomic E-state index is 4.73. The molecule has 0 aliphatic rings. The van der Waals surface area contributed by atoms with Crippen LogP contribution in [0.3, 0.4) is 0 Å². The van der Waals surface area contributed by atoms with Crippen molar-refractivity contribution in [2.45, 2.75) is 0 Å². The van der Waals surface area contributed by atoms with Crippen molar-refractivity contribution in [1.29, 1.82) is 0 Å². The van der Waals surface area contributed by atoms with Gasteiger partial charge in [0, 0.05) is 42.8 Å². The normalized spacial score (nSPS) is 11.8. The summed E-state index contributed by atoms with van der Waals surface area (Å²) >= 11 is 1.86. The van der Waals surface area contributed by atoms with Gasteiger partial charge in [-0.15, -0.1) is 11.3 Å². The monoisotopic (exact) mass is 426 g/mol. The molecular formula is C29H18N2S. The molecule has 0 bridgehead atoms. The van der Waals surface area contributed by atoms with Crippen molar-refractivity contribution < 1.29 is 0 Å². The molecule has 0 saturated heterocycles. The van der Waals surface area contributed by atoms with Crippen LogP contribution < -0.4 is 0 Å². The smallest absolute Gasteiger partial charge is 0.145 e. The molecule has 7 aromatic rings. The van der Waals surface area contributed by atoms with Crippen LogP contribution in [0.2, 0.25) is 0 Å². The first-order valence-electron chi connectivity index (χ1n) is 10.7. The molecule has 0 spiro atoms. The first-order valence-corrected chi connectivity index (χ1v) is 11.5. The van der Waals surface area contributed by atoms with Crippen molar-refractivity contribution in [3.63, 3.8) is 0 Å². The number of nitrogens with zero attached hydrogens (tertiary/aromatic N) is 2. The highest BCUT2D eigenvalue weighted by molar-refractivity contribution is 7.25. The zero-order chi connectivity index (χ0) is 21.1. The van der Waals surface area contributed by atoms with Gasteiger partial charge >= 0.3 is 0 Å². The van der Waals surface area contributed by atoms with E-state index in [1.807, 2.05) is 23.6 Å². The summed E-state index contributed by atoms with van der Waals surface area (Å²) in [6.07, 6.45) is 1.87. The predicted octanol–water partition coefficient (Wildman–Crippen LogP) is 8.21. The molecule has 150 valence electrons. The highest BCUT2D eigenvalue weighted by Crippen LogP contribution is 2.37. The maximum atomic E-state index is 4.73. The Morgan fingerprint density at radius 1 is 0.562 bits per heavy atom. The van der Waals surface area contributed by atoms with Gasteiger partial charge in [0.15, 0.2) is 0 Å². The summed E-state index contributed by atoms with van der Waals surface area (Å²) in [6, 6.07) is 37.0. The summed E-state index contributed by atoms with van der Waals surface area (Å²) < 4.78 is 4.94. The summed E-state index contributed by atoms with van der Waals surface area (Å²) in [5, 5.41) is 5.07. The van der Waals surface area contributed by atoms with E-state index < -0.39 is 0 Å². The Morgan fingerprint density at radius 3 is 2.31 bits per heavy atom. The van der Waals surface area contributed by atoms with Crippen LogP contribution in [0.15, 0.2) is 109 Å². The molecule has 3 heteroatoms. The summed E-state index contributed by atoms with van der Waals surface area (Å²) in [7, 11) is 0. The van der Waals surface area contributed by atoms with Crippen molar-refractivity contribution in [3.8, 4) is 16.8 Å². The average molecular weight is 427 g/mol. The summed E-state index contributed by atoms with van der Waals surface area (Å²) in [5.74, 6) is 0. The molecule has 3 aromatic heterocycles. The quantitative estimate of drug-likeness (QED) is 0.272. The molecule has 2 nitrogen and oxygen atoms in total. The number of hydrogen-bond donors (Lipinski definition) is 0. The van der Waals surface area contributed by atoms with Gasteiger partial charge in [-0.3, -0.25) is 4.57 Å². The maximum Gasteiger partial charge on any atom is 0.145 e. The fourth-order valence-electron chi connectivity index (χ4n) is 4.79. The van der Waals surface area contributed by atoms with Gasteiger partial charge in [-0.2, -0.15) is 0 Å². The van der Waals surface area contributed by atoms with Gasteiger partial charge in [0.2, 0.25) is 0 Å². The lowest BCUT2D eigenvalue weighted by Crippen LogP contribution is -1.95. The number of rotatable bonds is 2. The molecule has 4 aromatic carbocycles. The molecule has 0 aliphatic heterocycles. The SMILES string of the molecule is c1cc(-c2ccc3sc4ccccc4c3c2)cc(-n2c3ccccc3c3cccnc32)c1. The van der Waals surface area contributed by atoms with Gasteiger partial charge < -0.3 is 0 Å². The zero-order valence-corrected chi connectivity index (χ0v) is 18.0. The molecule has 0 unspecified atom stereocenters. The summed E-state index contributed by atoms with van der Waals surface area (Å²) in [6.45, 7) is 0. The van der Waals surface area contributed by atoms with Crippen LogP contribution in [-0.4, -0.2) is 9.55 Å². The van der Waals surface area contributed by atoms with Crippen LogP contribution >= 0.6 is 11.3 Å². The Hall–Kier alpha value is -3.95. The van der Waals surface area contributed by atoms with E-state index in [2.05, 4.69) is 102 Å². The molecule has 0 amide bonds. The van der Waals surface area contributed by atoms with Crippen LogP contribution in [0.5, 0.6) is 0 Å². The lowest BCUT2D eigenvalue weighted by molar-refractivity contribution is 1.14. The predicted molar refractivity (Wildman–Crippen MR) is 137 cm³/mol. The molecule has 32 heavy (non-hydrogen) atoms. The Bertz CT molecular complexity index is 1730. The van der Waals surface area contributed by atoms with Crippen LogP contribution in [0.1, 0.15) is 0 Å².